The second-order valence-electron chi connectivity index (χ2n) is 2.70. The fourth-order valence-corrected chi connectivity index (χ4v) is 2.63. The summed E-state index contributed by atoms with van der Waals surface area (Å²) in [5.41, 5.74) is 1.60. The summed E-state index contributed by atoms with van der Waals surface area (Å²) in [6.07, 6.45) is 5.80. The molecule has 0 radical (unpaired) electrons. The molecular weight excluding hydrogens is 240 g/mol. The quantitative estimate of drug-likeness (QED) is 0.671. The first-order valence-corrected chi connectivity index (χ1v) is 4.93. The van der Waals surface area contributed by atoms with Crippen molar-refractivity contribution in [1.82, 2.24) is 0 Å². The molecule has 1 heteroatoms. The van der Waals surface area contributed by atoms with Crippen LogP contribution in [0.3, 0.4) is 0 Å². The molecule has 1 rings (SSSR count). The van der Waals surface area contributed by atoms with Gasteiger partial charge in [-0.15, -0.1) is 0 Å². The van der Waals surface area contributed by atoms with E-state index in [0.717, 1.165) is 5.92 Å². The predicted molar refractivity (Wildman–Crippen MR) is 35.6 cm³/mol. The molecule has 0 nitrogen and oxygen atoms in total. The molecule has 9 heavy (non-hydrogen) atoms. The summed E-state index contributed by atoms with van der Waals surface area (Å²) in [4.78, 5) is 0. The van der Waals surface area contributed by atoms with E-state index in [4.69, 9.17) is 0 Å². The van der Waals surface area contributed by atoms with Gasteiger partial charge >= 0.3 is 83.9 Å². The molecular formula is C8H11Nd. The van der Waals surface area contributed by atoms with Gasteiger partial charge in [-0.3, -0.25) is 0 Å². The Kier molecular flexibility index (Phi) is 2.90. The van der Waals surface area contributed by atoms with Crippen LogP contribution in [0.2, 0.25) is 0 Å². The van der Waals surface area contributed by atoms with Crippen LogP contribution in [0.1, 0.15) is 20.3 Å². The average Bonchev–Trinajstić information content (AvgIpc) is 2.13. The van der Waals surface area contributed by atoms with Gasteiger partial charge < -0.3 is 0 Å². The second kappa shape index (κ2) is 3.29. The molecule has 0 aliphatic heterocycles. The zero-order valence-corrected chi connectivity index (χ0v) is 9.15. The SMILES string of the molecule is CC(C)C1=[C]([Nd])CC=C1. The summed E-state index contributed by atoms with van der Waals surface area (Å²) in [7, 11) is 0. The molecule has 47 valence electrons. The van der Waals surface area contributed by atoms with Crippen LogP contribution in [0.4, 0.5) is 0 Å². The maximum atomic E-state index is 2.28. The zero-order valence-electron chi connectivity index (χ0n) is 5.94. The van der Waals surface area contributed by atoms with E-state index in [-0.39, 0.29) is 0 Å². The van der Waals surface area contributed by atoms with Crippen molar-refractivity contribution in [2.75, 3.05) is 0 Å². The van der Waals surface area contributed by atoms with Gasteiger partial charge in [-0.25, -0.2) is 0 Å². The van der Waals surface area contributed by atoms with Crippen molar-refractivity contribution >= 4 is 0 Å². The van der Waals surface area contributed by atoms with Crippen LogP contribution in [0.15, 0.2) is 18.9 Å². The fourth-order valence-electron chi connectivity index (χ4n) is 1.06. The van der Waals surface area contributed by atoms with Crippen molar-refractivity contribution in [2.24, 2.45) is 5.92 Å². The molecule has 1 aliphatic carbocycles. The summed E-state index contributed by atoms with van der Waals surface area (Å²) < 4.78 is 1.69. The fraction of sp³-hybridized carbons (Fsp3) is 0.500. The molecule has 0 fully saturated rings. The molecule has 1 aliphatic rings. The van der Waals surface area contributed by atoms with Gasteiger partial charge in [-0.2, -0.15) is 0 Å². The normalized spacial score (nSPS) is 18.0. The predicted octanol–water partition coefficient (Wildman–Crippen LogP) is 2.41. The Morgan fingerprint density at radius 2 is 2.22 bits per heavy atom. The molecule has 0 atom stereocenters. The van der Waals surface area contributed by atoms with Crippen molar-refractivity contribution in [1.29, 1.82) is 0 Å². The molecule has 0 bridgehead atoms. The van der Waals surface area contributed by atoms with Crippen molar-refractivity contribution in [3.05, 3.63) is 18.9 Å². The van der Waals surface area contributed by atoms with Gasteiger partial charge in [0.25, 0.3) is 0 Å². The topological polar surface area (TPSA) is 0 Å². The van der Waals surface area contributed by atoms with E-state index in [0.29, 0.717) is 0 Å². The van der Waals surface area contributed by atoms with Gasteiger partial charge in [0.15, 0.2) is 0 Å². The van der Waals surface area contributed by atoms with Gasteiger partial charge in [0.05, 0.1) is 0 Å². The molecule has 0 N–H and O–H groups in total. The molecule has 0 saturated carbocycles. The molecule has 0 spiro atoms. The van der Waals surface area contributed by atoms with Crippen LogP contribution in [0.25, 0.3) is 0 Å². The summed E-state index contributed by atoms with van der Waals surface area (Å²) >= 11 is 1.25. The maximum absolute atomic E-state index is 2.28. The van der Waals surface area contributed by atoms with E-state index in [9.17, 15) is 0 Å². The summed E-state index contributed by atoms with van der Waals surface area (Å²) in [6, 6.07) is 0. The monoisotopic (exact) mass is 249 g/mol. The summed E-state index contributed by atoms with van der Waals surface area (Å²) in [5, 5.41) is 0. The van der Waals surface area contributed by atoms with E-state index in [2.05, 4.69) is 26.0 Å². The van der Waals surface area contributed by atoms with Gasteiger partial charge in [0, 0.05) is 0 Å². The molecule has 0 aromatic heterocycles. The summed E-state index contributed by atoms with van der Waals surface area (Å²) in [5.74, 6) is 0.747. The first-order valence-electron chi connectivity index (χ1n) is 3.33. The van der Waals surface area contributed by atoms with Gasteiger partial charge in [0.2, 0.25) is 0 Å². The van der Waals surface area contributed by atoms with Crippen LogP contribution in [-0.4, -0.2) is 0 Å². The van der Waals surface area contributed by atoms with Crippen molar-refractivity contribution in [3.63, 3.8) is 0 Å². The Bertz CT molecular complexity index is 163. The van der Waals surface area contributed by atoms with E-state index >= 15 is 0 Å². The Labute approximate surface area is 83.0 Å². The molecule has 0 aromatic rings. The van der Waals surface area contributed by atoms with E-state index in [1.54, 1.807) is 6.80 Å². The van der Waals surface area contributed by atoms with E-state index < -0.39 is 0 Å². The molecule has 0 aromatic carbocycles. The van der Waals surface area contributed by atoms with E-state index in [1.165, 1.54) is 45.2 Å². The molecule has 0 amide bonds. The first-order chi connectivity index (χ1) is 4.22. The molecule has 0 saturated heterocycles. The van der Waals surface area contributed by atoms with Gasteiger partial charge in [0.1, 0.15) is 0 Å². The van der Waals surface area contributed by atoms with Crippen molar-refractivity contribution in [3.8, 4) is 0 Å². The van der Waals surface area contributed by atoms with Crippen LogP contribution >= 0.6 is 0 Å². The Balaban J connectivity index is 2.77. The van der Waals surface area contributed by atoms with E-state index in [1.807, 2.05) is 0 Å². The Morgan fingerprint density at radius 3 is 2.44 bits per heavy atom. The second-order valence-corrected chi connectivity index (χ2v) is 4.63. The van der Waals surface area contributed by atoms with Crippen LogP contribution in [0.5, 0.6) is 0 Å². The van der Waals surface area contributed by atoms with Crippen molar-refractivity contribution < 1.29 is 38.8 Å². The first kappa shape index (κ1) is 7.93. The Morgan fingerprint density at radius 1 is 1.56 bits per heavy atom. The third kappa shape index (κ3) is 1.87. The third-order valence-electron chi connectivity index (χ3n) is 1.59. The number of rotatable bonds is 1. The summed E-state index contributed by atoms with van der Waals surface area (Å²) in [6.45, 7) is 4.53. The zero-order chi connectivity index (χ0) is 6.85. The third-order valence-corrected chi connectivity index (χ3v) is 3.17. The van der Waals surface area contributed by atoms with Gasteiger partial charge in [-0.1, -0.05) is 0 Å². The minimum absolute atomic E-state index is 0.747. The van der Waals surface area contributed by atoms with Crippen molar-refractivity contribution in [2.45, 2.75) is 20.3 Å². The molecule has 0 unspecified atom stereocenters. The number of hydrogen-bond donors (Lipinski definition) is 0. The van der Waals surface area contributed by atoms with Crippen LogP contribution < -0.4 is 0 Å². The minimum atomic E-state index is 0.747. The van der Waals surface area contributed by atoms with Crippen LogP contribution in [0, 0.1) is 44.7 Å². The number of hydrogen-bond acceptors (Lipinski definition) is 0. The Hall–Kier alpha value is 0.831. The van der Waals surface area contributed by atoms with Crippen LogP contribution in [-0.2, 0) is 0 Å². The average molecular weight is 251 g/mol. The molecule has 0 heterocycles. The van der Waals surface area contributed by atoms with Gasteiger partial charge in [-0.05, 0) is 0 Å². The standard InChI is InChI=1S/C8H11.Nd/c1-7(2)8-5-3-4-6-8;/h3,5,7H,4H2,1-2H3;. The number of allylic oxidation sites excluding steroid dienone is 4.